The molecule has 0 unspecified atom stereocenters. The van der Waals surface area contributed by atoms with Crippen molar-refractivity contribution in [1.29, 1.82) is 0 Å². The third-order valence-corrected chi connectivity index (χ3v) is 0. The van der Waals surface area contributed by atoms with Gasteiger partial charge in [-0.3, -0.25) is 0 Å². The van der Waals surface area contributed by atoms with Crippen LogP contribution in [0.15, 0.2) is 0 Å². The van der Waals surface area contributed by atoms with Crippen molar-refractivity contribution in [3.8, 4) is 0 Å². The maximum atomic E-state index is 8.35. The third-order valence-electron chi connectivity index (χ3n) is 0. The molecule has 0 aliphatic rings. The summed E-state index contributed by atoms with van der Waals surface area (Å²) < 4.78 is 16.7. The van der Waals surface area contributed by atoms with Gasteiger partial charge in [-0.1, -0.05) is 0 Å². The van der Waals surface area contributed by atoms with Crippen molar-refractivity contribution < 1.29 is 45.4 Å². The normalized spacial score (nSPS) is 1.60. The number of rotatable bonds is 0. The van der Waals surface area contributed by atoms with Gasteiger partial charge in [0.1, 0.15) is 0 Å². The van der Waals surface area contributed by atoms with Gasteiger partial charge in [0.05, 0.1) is 0 Å². The molecular weight excluding hydrogens is 187 g/mol. The van der Waals surface area contributed by atoms with Gasteiger partial charge in [0.25, 0.3) is 0 Å². The SMILES string of the molecule is O=[P+]=O.[Co].[Zn]. The van der Waals surface area contributed by atoms with Crippen LogP contribution in [0.5, 0.6) is 0 Å². The molecule has 0 rings (SSSR count). The summed E-state index contributed by atoms with van der Waals surface area (Å²) in [5.74, 6) is 0. The molecule has 0 spiro atoms. The van der Waals surface area contributed by atoms with Gasteiger partial charge in [-0.05, 0) is 0 Å². The van der Waals surface area contributed by atoms with E-state index in [2.05, 4.69) is 0 Å². The summed E-state index contributed by atoms with van der Waals surface area (Å²) >= 11 is 0. The van der Waals surface area contributed by atoms with Crippen LogP contribution >= 0.6 is 8.34 Å². The van der Waals surface area contributed by atoms with E-state index >= 15 is 0 Å². The Morgan fingerprint density at radius 3 is 1.20 bits per heavy atom. The van der Waals surface area contributed by atoms with Gasteiger partial charge in [0.15, 0.2) is 0 Å². The van der Waals surface area contributed by atoms with Crippen LogP contribution in [-0.4, -0.2) is 0 Å². The van der Waals surface area contributed by atoms with Gasteiger partial charge in [0, 0.05) is 36.3 Å². The molecule has 0 amide bonds. The molecule has 0 atom stereocenters. The van der Waals surface area contributed by atoms with Gasteiger partial charge < -0.3 is 0 Å². The summed E-state index contributed by atoms with van der Waals surface area (Å²) in [7, 11) is -1.08. The Balaban J connectivity index is -0.0000000200. The van der Waals surface area contributed by atoms with E-state index < -0.39 is 8.34 Å². The van der Waals surface area contributed by atoms with Gasteiger partial charge in [0.2, 0.25) is 0 Å². The maximum Gasteiger partial charge on any atom is 0 e. The minimum absolute atomic E-state index is 0. The molecule has 1 radical (unpaired) electrons. The summed E-state index contributed by atoms with van der Waals surface area (Å²) in [6, 6.07) is 0. The van der Waals surface area contributed by atoms with Crippen molar-refractivity contribution in [2.24, 2.45) is 0 Å². The van der Waals surface area contributed by atoms with Crippen molar-refractivity contribution in [1.82, 2.24) is 0 Å². The fourth-order valence-electron chi connectivity index (χ4n) is 0. The molecule has 27 valence electrons. The zero-order valence-corrected chi connectivity index (χ0v) is 7.21. The molecule has 0 N–H and O–H groups in total. The van der Waals surface area contributed by atoms with Gasteiger partial charge >= 0.3 is 17.5 Å². The summed E-state index contributed by atoms with van der Waals surface area (Å²) in [6.07, 6.45) is 0. The molecule has 2 nitrogen and oxygen atoms in total. The summed E-state index contributed by atoms with van der Waals surface area (Å²) in [4.78, 5) is 0. The van der Waals surface area contributed by atoms with E-state index in [0.29, 0.717) is 0 Å². The molecule has 5 heavy (non-hydrogen) atoms. The maximum absolute atomic E-state index is 8.35. The quantitative estimate of drug-likeness (QED) is 0.411. The summed E-state index contributed by atoms with van der Waals surface area (Å²) in [6.45, 7) is 0. The molecule has 0 aromatic carbocycles. The summed E-state index contributed by atoms with van der Waals surface area (Å²) in [5.41, 5.74) is 0. The van der Waals surface area contributed by atoms with Crippen LogP contribution in [0.25, 0.3) is 0 Å². The average molecular weight is 187 g/mol. The van der Waals surface area contributed by atoms with Crippen LogP contribution < -0.4 is 0 Å². The van der Waals surface area contributed by atoms with E-state index in [4.69, 9.17) is 9.13 Å². The van der Waals surface area contributed by atoms with E-state index in [1.54, 1.807) is 0 Å². The van der Waals surface area contributed by atoms with Crippen LogP contribution in [0.1, 0.15) is 0 Å². The Morgan fingerprint density at radius 1 is 1.20 bits per heavy atom. The zero-order chi connectivity index (χ0) is 2.71. The molecule has 5 heteroatoms. The molecule has 0 bridgehead atoms. The van der Waals surface area contributed by atoms with E-state index in [9.17, 15) is 0 Å². The molecule has 0 saturated carbocycles. The number of hydrogen-bond acceptors (Lipinski definition) is 2. The minimum Gasteiger partial charge on any atom is 0 e. The Hall–Kier alpha value is 1.16. The second-order valence-electron chi connectivity index (χ2n) is 0.0745. The fourth-order valence-corrected chi connectivity index (χ4v) is 0. The first-order valence-electron chi connectivity index (χ1n) is 0.365. The second kappa shape index (κ2) is 19.1. The monoisotopic (exact) mass is 186 g/mol. The van der Waals surface area contributed by atoms with E-state index in [1.807, 2.05) is 0 Å². The largest absolute Gasteiger partial charge is 0 e. The van der Waals surface area contributed by atoms with Crippen molar-refractivity contribution >= 4 is 8.34 Å². The van der Waals surface area contributed by atoms with Crippen molar-refractivity contribution in [2.45, 2.75) is 0 Å². The Kier molecular flexibility index (Phi) is 62.9. The Bertz CT molecular complexity index is 30.6. The van der Waals surface area contributed by atoms with Crippen LogP contribution in [0, 0.1) is 0 Å². The van der Waals surface area contributed by atoms with E-state index in [0.717, 1.165) is 0 Å². The Labute approximate surface area is 53.9 Å². The van der Waals surface area contributed by atoms with Gasteiger partial charge in [-0.2, -0.15) is 0 Å². The standard InChI is InChI=1S/Co.O2P.Zn/c;1-3-2;/q;+1;. The van der Waals surface area contributed by atoms with Crippen molar-refractivity contribution in [3.05, 3.63) is 0 Å². The molecule has 0 aliphatic heterocycles. The third kappa shape index (κ3) is 38.3. The van der Waals surface area contributed by atoms with Crippen LogP contribution in [-0.2, 0) is 45.4 Å². The smallest absolute Gasteiger partial charge is 0 e. The first kappa shape index (κ1) is 16.4. The van der Waals surface area contributed by atoms with Crippen molar-refractivity contribution in [3.63, 3.8) is 0 Å². The van der Waals surface area contributed by atoms with Gasteiger partial charge in [-0.15, -0.1) is 0 Å². The zero-order valence-electron chi connectivity index (χ0n) is 2.30. The van der Waals surface area contributed by atoms with Crippen LogP contribution in [0.4, 0.5) is 0 Å². The molecule has 0 aromatic rings. The predicted octanol–water partition coefficient (Wildman–Crippen LogP) is 0.619. The van der Waals surface area contributed by atoms with Gasteiger partial charge in [-0.25, -0.2) is 0 Å². The first-order chi connectivity index (χ1) is 1.41. The molecule has 0 fully saturated rings. The van der Waals surface area contributed by atoms with E-state index in [1.165, 1.54) is 0 Å². The van der Waals surface area contributed by atoms with Crippen LogP contribution in [0.3, 0.4) is 0 Å². The predicted molar refractivity (Wildman–Crippen MR) is 8.29 cm³/mol. The first-order valence-corrected chi connectivity index (χ1v) is 1.10. The van der Waals surface area contributed by atoms with Crippen LogP contribution in [0.2, 0.25) is 0 Å². The second-order valence-corrected chi connectivity index (χ2v) is 0.224. The molecule has 0 saturated heterocycles. The summed E-state index contributed by atoms with van der Waals surface area (Å²) in [5, 5.41) is 0. The molecule has 0 aliphatic carbocycles. The minimum atomic E-state index is -1.08. The topological polar surface area (TPSA) is 34.1 Å². The molecule has 0 aromatic heterocycles. The molecule has 0 heterocycles. The number of hydrogen-bond donors (Lipinski definition) is 0. The Morgan fingerprint density at radius 2 is 1.20 bits per heavy atom. The van der Waals surface area contributed by atoms with E-state index in [-0.39, 0.29) is 36.3 Å². The van der Waals surface area contributed by atoms with Crippen molar-refractivity contribution in [2.75, 3.05) is 0 Å². The molecular formula is CoO2PZn+. The average Bonchev–Trinajstić information content (AvgIpc) is 0.918. The fraction of sp³-hybridized carbons (Fsp3) is 0.